The number of carboxylic acid groups (broad SMARTS) is 1. The molecule has 13 heavy (non-hydrogen) atoms. The second-order valence-corrected chi connectivity index (χ2v) is 3.46. The molecule has 0 spiro atoms. The summed E-state index contributed by atoms with van der Waals surface area (Å²) < 4.78 is 0. The smallest absolute Gasteiger partial charge is 0.313 e. The van der Waals surface area contributed by atoms with Crippen LogP contribution in [0.15, 0.2) is 12.7 Å². The number of rotatable bonds is 7. The van der Waals surface area contributed by atoms with Crippen molar-refractivity contribution in [2.75, 3.05) is 6.61 Å². The third kappa shape index (κ3) is 4.08. The van der Waals surface area contributed by atoms with Gasteiger partial charge in [0.1, 0.15) is 0 Å². The summed E-state index contributed by atoms with van der Waals surface area (Å²) in [5.41, 5.74) is -0.810. The molecule has 0 aromatic heterocycles. The van der Waals surface area contributed by atoms with Gasteiger partial charge in [-0.05, 0) is 19.8 Å². The van der Waals surface area contributed by atoms with Crippen LogP contribution in [0.2, 0.25) is 0 Å². The lowest BCUT2D eigenvalue weighted by Crippen LogP contribution is -2.24. The zero-order chi connectivity index (χ0) is 10.3. The van der Waals surface area contributed by atoms with Gasteiger partial charge in [-0.15, -0.1) is 6.58 Å². The van der Waals surface area contributed by atoms with Gasteiger partial charge in [0.25, 0.3) is 0 Å². The summed E-state index contributed by atoms with van der Waals surface area (Å²) in [6.07, 6.45) is 4.50. The first kappa shape index (κ1) is 12.2. The molecule has 0 saturated carbocycles. The van der Waals surface area contributed by atoms with Crippen LogP contribution in [0.3, 0.4) is 0 Å². The molecule has 0 bridgehead atoms. The fraction of sp³-hybridized carbons (Fsp3) is 0.700. The van der Waals surface area contributed by atoms with Crippen LogP contribution in [-0.2, 0) is 4.79 Å². The van der Waals surface area contributed by atoms with Crippen LogP contribution in [0.25, 0.3) is 0 Å². The molecule has 0 radical (unpaired) electrons. The highest BCUT2D eigenvalue weighted by Crippen LogP contribution is 2.25. The molecule has 0 fully saturated rings. The van der Waals surface area contributed by atoms with Crippen molar-refractivity contribution in [3.63, 3.8) is 0 Å². The molecule has 0 aliphatic heterocycles. The van der Waals surface area contributed by atoms with E-state index in [1.807, 2.05) is 0 Å². The second kappa shape index (κ2) is 5.75. The number of aliphatic carboxylic acids is 1. The van der Waals surface area contributed by atoms with Crippen LogP contribution in [-0.4, -0.2) is 22.8 Å². The minimum absolute atomic E-state index is 0.178. The van der Waals surface area contributed by atoms with Crippen LogP contribution in [0.4, 0.5) is 0 Å². The van der Waals surface area contributed by atoms with Gasteiger partial charge in [0.15, 0.2) is 0 Å². The van der Waals surface area contributed by atoms with Gasteiger partial charge >= 0.3 is 5.97 Å². The fourth-order valence-electron chi connectivity index (χ4n) is 1.08. The lowest BCUT2D eigenvalue weighted by molar-refractivity contribution is -0.145. The second-order valence-electron chi connectivity index (χ2n) is 3.46. The molecule has 3 heteroatoms. The highest BCUT2D eigenvalue weighted by Gasteiger charge is 2.28. The van der Waals surface area contributed by atoms with E-state index in [1.165, 1.54) is 6.08 Å². The van der Waals surface area contributed by atoms with Gasteiger partial charge in [-0.3, -0.25) is 4.79 Å². The third-order valence-corrected chi connectivity index (χ3v) is 2.29. The largest absolute Gasteiger partial charge is 0.481 e. The summed E-state index contributed by atoms with van der Waals surface area (Å²) in [5.74, 6) is -0.827. The topological polar surface area (TPSA) is 57.5 Å². The molecule has 1 atom stereocenters. The van der Waals surface area contributed by atoms with Gasteiger partial charge < -0.3 is 10.2 Å². The SMILES string of the molecule is C=CC(C)(CCCCCO)C(=O)O. The van der Waals surface area contributed by atoms with Crippen LogP contribution < -0.4 is 0 Å². The third-order valence-electron chi connectivity index (χ3n) is 2.29. The lowest BCUT2D eigenvalue weighted by Gasteiger charge is -2.19. The van der Waals surface area contributed by atoms with Crippen molar-refractivity contribution in [1.82, 2.24) is 0 Å². The van der Waals surface area contributed by atoms with E-state index in [-0.39, 0.29) is 6.61 Å². The Morgan fingerprint density at radius 3 is 2.46 bits per heavy atom. The predicted octanol–water partition coefficient (Wildman–Crippen LogP) is 1.82. The highest BCUT2D eigenvalue weighted by molar-refractivity contribution is 5.76. The van der Waals surface area contributed by atoms with E-state index in [0.717, 1.165) is 19.3 Å². The average molecular weight is 186 g/mol. The number of aliphatic hydroxyl groups is 1. The molecule has 0 aliphatic rings. The first-order valence-corrected chi connectivity index (χ1v) is 4.54. The molecule has 1 unspecified atom stereocenters. The Morgan fingerprint density at radius 2 is 2.08 bits per heavy atom. The molecule has 0 aromatic carbocycles. The zero-order valence-corrected chi connectivity index (χ0v) is 8.12. The molecule has 2 N–H and O–H groups in total. The number of aliphatic hydroxyl groups excluding tert-OH is 1. The number of hydrogen-bond donors (Lipinski definition) is 2. The van der Waals surface area contributed by atoms with Gasteiger partial charge in [0.2, 0.25) is 0 Å². The maximum Gasteiger partial charge on any atom is 0.313 e. The summed E-state index contributed by atoms with van der Waals surface area (Å²) in [5, 5.41) is 17.4. The normalized spacial score (nSPS) is 14.9. The monoisotopic (exact) mass is 186 g/mol. The van der Waals surface area contributed by atoms with Crippen LogP contribution in [0, 0.1) is 5.41 Å². The van der Waals surface area contributed by atoms with E-state index in [9.17, 15) is 4.79 Å². The van der Waals surface area contributed by atoms with Crippen molar-refractivity contribution >= 4 is 5.97 Å². The first-order chi connectivity index (χ1) is 6.06. The zero-order valence-electron chi connectivity index (χ0n) is 8.12. The molecule has 0 rings (SSSR count). The van der Waals surface area contributed by atoms with Crippen molar-refractivity contribution in [1.29, 1.82) is 0 Å². The average Bonchev–Trinajstić information content (AvgIpc) is 2.12. The summed E-state index contributed by atoms with van der Waals surface area (Å²) in [6.45, 7) is 5.37. The number of carbonyl (C=O) groups is 1. The van der Waals surface area contributed by atoms with Gasteiger partial charge in [-0.1, -0.05) is 18.9 Å². The summed E-state index contributed by atoms with van der Waals surface area (Å²) in [7, 11) is 0. The Morgan fingerprint density at radius 1 is 1.46 bits per heavy atom. The van der Waals surface area contributed by atoms with Gasteiger partial charge in [-0.25, -0.2) is 0 Å². The molecule has 76 valence electrons. The van der Waals surface area contributed by atoms with E-state index in [4.69, 9.17) is 10.2 Å². The standard InChI is InChI=1S/C10H18O3/c1-3-10(2,9(12)13)7-5-4-6-8-11/h3,11H,1,4-8H2,2H3,(H,12,13). The Labute approximate surface area is 79.1 Å². The molecule has 0 aliphatic carbocycles. The predicted molar refractivity (Wildman–Crippen MR) is 51.5 cm³/mol. The summed E-state index contributed by atoms with van der Waals surface area (Å²) >= 11 is 0. The van der Waals surface area contributed by atoms with Gasteiger partial charge in [0.05, 0.1) is 5.41 Å². The molecular formula is C10H18O3. The van der Waals surface area contributed by atoms with E-state index in [2.05, 4.69) is 6.58 Å². The highest BCUT2D eigenvalue weighted by atomic mass is 16.4. The van der Waals surface area contributed by atoms with E-state index in [0.29, 0.717) is 6.42 Å². The summed E-state index contributed by atoms with van der Waals surface area (Å²) in [6, 6.07) is 0. The Bertz CT molecular complexity index is 177. The fourth-order valence-corrected chi connectivity index (χ4v) is 1.08. The Hall–Kier alpha value is -0.830. The number of unbranched alkanes of at least 4 members (excludes halogenated alkanes) is 2. The minimum Gasteiger partial charge on any atom is -0.481 e. The molecule has 0 amide bonds. The van der Waals surface area contributed by atoms with Crippen molar-refractivity contribution in [2.24, 2.45) is 5.41 Å². The van der Waals surface area contributed by atoms with E-state index >= 15 is 0 Å². The Balaban J connectivity index is 3.85. The van der Waals surface area contributed by atoms with E-state index in [1.54, 1.807) is 6.92 Å². The van der Waals surface area contributed by atoms with Crippen LogP contribution >= 0.6 is 0 Å². The van der Waals surface area contributed by atoms with Crippen molar-refractivity contribution in [3.05, 3.63) is 12.7 Å². The van der Waals surface area contributed by atoms with Gasteiger partial charge in [0, 0.05) is 6.61 Å². The molecule has 3 nitrogen and oxygen atoms in total. The summed E-state index contributed by atoms with van der Waals surface area (Å²) in [4.78, 5) is 10.8. The van der Waals surface area contributed by atoms with Crippen LogP contribution in [0.5, 0.6) is 0 Å². The molecular weight excluding hydrogens is 168 g/mol. The lowest BCUT2D eigenvalue weighted by atomic mass is 9.85. The maximum atomic E-state index is 10.8. The molecule has 0 aromatic rings. The Kier molecular flexibility index (Phi) is 5.39. The van der Waals surface area contributed by atoms with E-state index < -0.39 is 11.4 Å². The van der Waals surface area contributed by atoms with Crippen molar-refractivity contribution in [2.45, 2.75) is 32.6 Å². The van der Waals surface area contributed by atoms with Crippen LogP contribution in [0.1, 0.15) is 32.6 Å². The maximum absolute atomic E-state index is 10.8. The molecule has 0 heterocycles. The van der Waals surface area contributed by atoms with Crippen molar-refractivity contribution < 1.29 is 15.0 Å². The minimum atomic E-state index is -0.827. The quantitative estimate of drug-likeness (QED) is 0.471. The van der Waals surface area contributed by atoms with Gasteiger partial charge in [-0.2, -0.15) is 0 Å². The molecule has 0 saturated heterocycles. The van der Waals surface area contributed by atoms with Crippen molar-refractivity contribution in [3.8, 4) is 0 Å². The first-order valence-electron chi connectivity index (χ1n) is 4.54. The number of carboxylic acids is 1. The number of hydrogen-bond acceptors (Lipinski definition) is 2.